The first-order valence-electron chi connectivity index (χ1n) is 9.96. The van der Waals surface area contributed by atoms with E-state index < -0.39 is 0 Å². The zero-order chi connectivity index (χ0) is 21.4. The summed E-state index contributed by atoms with van der Waals surface area (Å²) in [6, 6.07) is 9.92. The fourth-order valence-corrected chi connectivity index (χ4v) is 3.85. The van der Waals surface area contributed by atoms with Crippen molar-refractivity contribution in [2.45, 2.75) is 53.2 Å². The predicted molar refractivity (Wildman–Crippen MR) is 115 cm³/mol. The number of rotatable bonds is 9. The van der Waals surface area contributed by atoms with E-state index in [-0.39, 0.29) is 30.3 Å². The molecule has 0 fully saturated rings. The van der Waals surface area contributed by atoms with Gasteiger partial charge in [-0.2, -0.15) is 0 Å². The molecule has 1 atom stereocenters. The molecule has 0 aliphatic rings. The zero-order valence-corrected chi connectivity index (χ0v) is 18.4. The van der Waals surface area contributed by atoms with Gasteiger partial charge in [0.15, 0.2) is 0 Å². The first kappa shape index (κ1) is 22.9. The molecular weight excluding hydrogens is 389 g/mol. The molecule has 1 N–H and O–H groups in total. The van der Waals surface area contributed by atoms with Crippen LogP contribution >= 0.6 is 11.3 Å². The third kappa shape index (κ3) is 6.85. The van der Waals surface area contributed by atoms with E-state index in [2.05, 4.69) is 5.32 Å². The summed E-state index contributed by atoms with van der Waals surface area (Å²) < 4.78 is 13.3. The number of halogens is 1. The van der Waals surface area contributed by atoms with Crippen molar-refractivity contribution in [2.75, 3.05) is 13.1 Å². The molecule has 1 aromatic carbocycles. The van der Waals surface area contributed by atoms with E-state index in [0.29, 0.717) is 19.6 Å². The number of thiophene rings is 1. The highest BCUT2D eigenvalue weighted by Crippen LogP contribution is 2.19. The lowest BCUT2D eigenvalue weighted by atomic mass is 10.2. The maximum absolute atomic E-state index is 13.3. The van der Waals surface area contributed by atoms with Gasteiger partial charge < -0.3 is 15.1 Å². The van der Waals surface area contributed by atoms with Gasteiger partial charge in [-0.05, 0) is 57.0 Å². The number of nitrogens with one attached hydrogen (secondary N) is 1. The highest BCUT2D eigenvalue weighted by molar-refractivity contribution is 7.11. The Morgan fingerprint density at radius 2 is 1.79 bits per heavy atom. The van der Waals surface area contributed by atoms with E-state index >= 15 is 0 Å². The maximum Gasteiger partial charge on any atom is 0.318 e. The standard InChI is InChI=1S/C22H30FN3O2S/c1-5-16(3)26(22(28)24-6-2)15-21(27)25(14-20-12-7-17(4)29-20)13-18-8-10-19(23)11-9-18/h7-12,16H,5-6,13-15H2,1-4H3,(H,24,28)/t16-/m0/s1. The van der Waals surface area contributed by atoms with Crippen molar-refractivity contribution in [3.8, 4) is 0 Å². The molecule has 0 bridgehead atoms. The van der Waals surface area contributed by atoms with Gasteiger partial charge in [-0.25, -0.2) is 9.18 Å². The highest BCUT2D eigenvalue weighted by Gasteiger charge is 2.25. The summed E-state index contributed by atoms with van der Waals surface area (Å²) in [5.74, 6) is -0.438. The molecule has 1 heterocycles. The molecular formula is C22H30FN3O2S. The molecule has 0 radical (unpaired) electrons. The minimum Gasteiger partial charge on any atom is -0.338 e. The third-order valence-electron chi connectivity index (χ3n) is 4.80. The Kier molecular flexibility index (Phi) is 8.64. The number of benzene rings is 1. The quantitative estimate of drug-likeness (QED) is 0.648. The highest BCUT2D eigenvalue weighted by atomic mass is 32.1. The molecule has 0 spiro atoms. The predicted octanol–water partition coefficient (Wildman–Crippen LogP) is 4.55. The Bertz CT molecular complexity index is 807. The average molecular weight is 420 g/mol. The second-order valence-electron chi connectivity index (χ2n) is 7.11. The number of nitrogens with zero attached hydrogens (tertiary/aromatic N) is 2. The molecule has 2 rings (SSSR count). The topological polar surface area (TPSA) is 52.7 Å². The monoisotopic (exact) mass is 419 g/mol. The van der Waals surface area contributed by atoms with Crippen molar-refractivity contribution < 1.29 is 14.0 Å². The lowest BCUT2D eigenvalue weighted by Crippen LogP contribution is -2.50. The normalized spacial score (nSPS) is 11.8. The van der Waals surface area contributed by atoms with Crippen molar-refractivity contribution in [2.24, 2.45) is 0 Å². The summed E-state index contributed by atoms with van der Waals surface area (Å²) in [5, 5.41) is 2.79. The number of carbonyl (C=O) groups excluding carboxylic acids is 2. The Labute approximate surface area is 176 Å². The number of hydrogen-bond donors (Lipinski definition) is 1. The second-order valence-corrected chi connectivity index (χ2v) is 8.48. The minimum atomic E-state index is -0.306. The lowest BCUT2D eigenvalue weighted by molar-refractivity contribution is -0.133. The lowest BCUT2D eigenvalue weighted by Gasteiger charge is -2.31. The number of amides is 3. The van der Waals surface area contributed by atoms with Crippen molar-refractivity contribution in [1.29, 1.82) is 0 Å². The smallest absolute Gasteiger partial charge is 0.318 e. The van der Waals surface area contributed by atoms with E-state index in [1.807, 2.05) is 39.8 Å². The molecule has 0 unspecified atom stereocenters. The molecule has 0 aliphatic carbocycles. The van der Waals surface area contributed by atoms with E-state index in [9.17, 15) is 14.0 Å². The first-order valence-corrected chi connectivity index (χ1v) is 10.8. The molecule has 7 heteroatoms. The van der Waals surface area contributed by atoms with Crippen LogP contribution in [0.15, 0.2) is 36.4 Å². The van der Waals surface area contributed by atoms with Crippen LogP contribution in [0.1, 0.15) is 42.5 Å². The van der Waals surface area contributed by atoms with Crippen molar-refractivity contribution in [3.63, 3.8) is 0 Å². The SMILES string of the molecule is CCNC(=O)N(CC(=O)N(Cc1ccc(F)cc1)Cc1ccc(C)s1)[C@@H](C)CC. The van der Waals surface area contributed by atoms with E-state index in [1.165, 1.54) is 17.0 Å². The largest absolute Gasteiger partial charge is 0.338 e. The van der Waals surface area contributed by atoms with Crippen LogP contribution in [0, 0.1) is 12.7 Å². The van der Waals surface area contributed by atoms with Crippen LogP contribution < -0.4 is 5.32 Å². The van der Waals surface area contributed by atoms with Crippen LogP contribution in [0.3, 0.4) is 0 Å². The van der Waals surface area contributed by atoms with Crippen LogP contribution in [-0.4, -0.2) is 40.9 Å². The molecule has 3 amide bonds. The number of hydrogen-bond acceptors (Lipinski definition) is 3. The third-order valence-corrected chi connectivity index (χ3v) is 5.78. The number of carbonyl (C=O) groups is 2. The fourth-order valence-electron chi connectivity index (χ4n) is 2.95. The Balaban J connectivity index is 2.21. The molecule has 0 aliphatic heterocycles. The Morgan fingerprint density at radius 3 is 2.34 bits per heavy atom. The van der Waals surface area contributed by atoms with Crippen LogP contribution in [0.2, 0.25) is 0 Å². The summed E-state index contributed by atoms with van der Waals surface area (Å²) in [4.78, 5) is 31.2. The fraction of sp³-hybridized carbons (Fsp3) is 0.455. The van der Waals surface area contributed by atoms with Crippen LogP contribution in [0.4, 0.5) is 9.18 Å². The molecule has 0 saturated carbocycles. The summed E-state index contributed by atoms with van der Waals surface area (Å²) in [5.41, 5.74) is 0.848. The van der Waals surface area contributed by atoms with Gasteiger partial charge in [-0.1, -0.05) is 19.1 Å². The van der Waals surface area contributed by atoms with Gasteiger partial charge in [0, 0.05) is 28.9 Å². The summed E-state index contributed by atoms with van der Waals surface area (Å²) >= 11 is 1.64. The van der Waals surface area contributed by atoms with E-state index in [1.54, 1.807) is 33.3 Å². The average Bonchev–Trinajstić information content (AvgIpc) is 3.11. The van der Waals surface area contributed by atoms with Gasteiger partial charge in [0.05, 0.1) is 6.54 Å². The van der Waals surface area contributed by atoms with Gasteiger partial charge in [0.2, 0.25) is 5.91 Å². The van der Waals surface area contributed by atoms with E-state index in [0.717, 1.165) is 16.9 Å². The van der Waals surface area contributed by atoms with Gasteiger partial charge in [-0.3, -0.25) is 4.79 Å². The molecule has 29 heavy (non-hydrogen) atoms. The summed E-state index contributed by atoms with van der Waals surface area (Å²) in [6.07, 6.45) is 0.756. The van der Waals surface area contributed by atoms with Gasteiger partial charge in [0.1, 0.15) is 12.4 Å². The number of urea groups is 1. The molecule has 2 aromatic rings. The maximum atomic E-state index is 13.3. The number of aryl methyl sites for hydroxylation is 1. The first-order chi connectivity index (χ1) is 13.8. The Hall–Kier alpha value is -2.41. The molecule has 5 nitrogen and oxygen atoms in total. The molecule has 158 valence electrons. The van der Waals surface area contributed by atoms with Crippen LogP contribution in [0.5, 0.6) is 0 Å². The van der Waals surface area contributed by atoms with Crippen molar-refractivity contribution >= 4 is 23.3 Å². The second kappa shape index (κ2) is 11.0. The van der Waals surface area contributed by atoms with Gasteiger partial charge in [0.25, 0.3) is 0 Å². The zero-order valence-electron chi connectivity index (χ0n) is 17.6. The van der Waals surface area contributed by atoms with Crippen LogP contribution in [-0.2, 0) is 17.9 Å². The summed E-state index contributed by atoms with van der Waals surface area (Å²) in [7, 11) is 0. The van der Waals surface area contributed by atoms with E-state index in [4.69, 9.17) is 0 Å². The van der Waals surface area contributed by atoms with Crippen LogP contribution in [0.25, 0.3) is 0 Å². The van der Waals surface area contributed by atoms with Crippen molar-refractivity contribution in [3.05, 3.63) is 57.5 Å². The molecule has 1 aromatic heterocycles. The van der Waals surface area contributed by atoms with Gasteiger partial charge in [-0.15, -0.1) is 11.3 Å². The summed E-state index contributed by atoms with van der Waals surface area (Å²) in [6.45, 7) is 9.15. The molecule has 0 saturated heterocycles. The van der Waals surface area contributed by atoms with Gasteiger partial charge >= 0.3 is 6.03 Å². The Morgan fingerprint density at radius 1 is 1.10 bits per heavy atom. The van der Waals surface area contributed by atoms with Crippen molar-refractivity contribution in [1.82, 2.24) is 15.1 Å². The minimum absolute atomic E-state index is 0.00634.